The summed E-state index contributed by atoms with van der Waals surface area (Å²) in [5.41, 5.74) is 6.53. The van der Waals surface area contributed by atoms with Gasteiger partial charge in [-0.25, -0.2) is 0 Å². The molecule has 1 rings (SSSR count). The Bertz CT molecular complexity index is 226. The van der Waals surface area contributed by atoms with Crippen LogP contribution in [0.2, 0.25) is 0 Å². The number of allylic oxidation sites excluding steroid dienone is 1. The van der Waals surface area contributed by atoms with E-state index in [-0.39, 0.29) is 11.6 Å². The van der Waals surface area contributed by atoms with Gasteiger partial charge < -0.3 is 10.5 Å². The molecule has 2 N–H and O–H groups in total. The van der Waals surface area contributed by atoms with Crippen molar-refractivity contribution < 1.29 is 4.74 Å². The molecule has 2 atom stereocenters. The van der Waals surface area contributed by atoms with Gasteiger partial charge in [0.15, 0.2) is 0 Å². The van der Waals surface area contributed by atoms with Crippen LogP contribution < -0.4 is 5.73 Å². The summed E-state index contributed by atoms with van der Waals surface area (Å²) in [5, 5.41) is 0. The van der Waals surface area contributed by atoms with Gasteiger partial charge in [-0.05, 0) is 32.6 Å². The minimum absolute atomic E-state index is 0.116. The maximum absolute atomic E-state index is 6.42. The summed E-state index contributed by atoms with van der Waals surface area (Å²) < 4.78 is 5.42. The molecule has 3 nitrogen and oxygen atoms in total. The maximum atomic E-state index is 6.42. The van der Waals surface area contributed by atoms with E-state index in [0.717, 1.165) is 52.0 Å². The zero-order valence-corrected chi connectivity index (χ0v) is 11.5. The molecule has 0 aromatic carbocycles. The number of nitrogens with two attached hydrogens (primary N) is 1. The molecule has 0 aliphatic carbocycles. The Labute approximate surface area is 106 Å². The van der Waals surface area contributed by atoms with Crippen LogP contribution in [0.25, 0.3) is 0 Å². The molecule has 0 bridgehead atoms. The van der Waals surface area contributed by atoms with E-state index in [0.29, 0.717) is 0 Å². The number of rotatable bonds is 7. The number of ether oxygens (including phenoxy) is 1. The first-order valence-electron chi connectivity index (χ1n) is 6.84. The fourth-order valence-corrected chi connectivity index (χ4v) is 2.59. The van der Waals surface area contributed by atoms with E-state index in [9.17, 15) is 0 Å². The molecule has 0 radical (unpaired) electrons. The number of nitrogens with zero attached hydrogens (tertiary/aromatic N) is 1. The monoisotopic (exact) mass is 240 g/mol. The van der Waals surface area contributed by atoms with Crippen LogP contribution in [0.1, 0.15) is 39.5 Å². The maximum Gasteiger partial charge on any atom is 0.0594 e. The largest absolute Gasteiger partial charge is 0.379 e. The Hall–Kier alpha value is -0.380. The van der Waals surface area contributed by atoms with Crippen LogP contribution in [-0.4, -0.2) is 42.8 Å². The van der Waals surface area contributed by atoms with Crippen LogP contribution in [0.3, 0.4) is 0 Å². The molecule has 0 saturated carbocycles. The van der Waals surface area contributed by atoms with Crippen molar-refractivity contribution >= 4 is 0 Å². The lowest BCUT2D eigenvalue weighted by Crippen LogP contribution is -2.60. The standard InChI is InChI=1S/C14H28N2O/c1-4-6-7-8-13(15)14(3,5-2)16-9-11-17-12-10-16/h4,13H,1,5-12,15H2,2-3H3. The molecule has 2 unspecified atom stereocenters. The van der Waals surface area contributed by atoms with Crippen LogP contribution >= 0.6 is 0 Å². The molecular weight excluding hydrogens is 212 g/mol. The highest BCUT2D eigenvalue weighted by Crippen LogP contribution is 2.26. The highest BCUT2D eigenvalue weighted by molar-refractivity contribution is 4.95. The summed E-state index contributed by atoms with van der Waals surface area (Å²) in [7, 11) is 0. The van der Waals surface area contributed by atoms with Gasteiger partial charge in [0, 0.05) is 24.7 Å². The van der Waals surface area contributed by atoms with Gasteiger partial charge in [-0.15, -0.1) is 6.58 Å². The molecule has 1 heterocycles. The normalized spacial score (nSPS) is 23.0. The van der Waals surface area contributed by atoms with Crippen molar-refractivity contribution in [3.8, 4) is 0 Å². The highest BCUT2D eigenvalue weighted by Gasteiger charge is 2.36. The number of hydrogen-bond acceptors (Lipinski definition) is 3. The van der Waals surface area contributed by atoms with Crippen LogP contribution in [0.4, 0.5) is 0 Å². The minimum Gasteiger partial charge on any atom is -0.379 e. The number of morpholine rings is 1. The Morgan fingerprint density at radius 1 is 1.47 bits per heavy atom. The van der Waals surface area contributed by atoms with Crippen molar-refractivity contribution in [3.05, 3.63) is 12.7 Å². The first kappa shape index (κ1) is 14.7. The van der Waals surface area contributed by atoms with Gasteiger partial charge in [-0.3, -0.25) is 4.90 Å². The van der Waals surface area contributed by atoms with Gasteiger partial charge in [0.25, 0.3) is 0 Å². The Morgan fingerprint density at radius 3 is 2.65 bits per heavy atom. The second-order valence-corrected chi connectivity index (χ2v) is 5.14. The summed E-state index contributed by atoms with van der Waals surface area (Å²) >= 11 is 0. The van der Waals surface area contributed by atoms with Gasteiger partial charge in [0.1, 0.15) is 0 Å². The van der Waals surface area contributed by atoms with Gasteiger partial charge in [-0.2, -0.15) is 0 Å². The fraction of sp³-hybridized carbons (Fsp3) is 0.857. The zero-order valence-electron chi connectivity index (χ0n) is 11.5. The lowest BCUT2D eigenvalue weighted by atomic mass is 9.84. The Morgan fingerprint density at radius 2 is 2.12 bits per heavy atom. The predicted molar refractivity (Wildman–Crippen MR) is 73.1 cm³/mol. The summed E-state index contributed by atoms with van der Waals surface area (Å²) in [6, 6.07) is 0.241. The van der Waals surface area contributed by atoms with E-state index in [1.165, 1.54) is 0 Å². The van der Waals surface area contributed by atoms with Crippen molar-refractivity contribution in [1.29, 1.82) is 0 Å². The Balaban J connectivity index is 2.54. The second kappa shape index (κ2) is 7.14. The second-order valence-electron chi connectivity index (χ2n) is 5.14. The van der Waals surface area contributed by atoms with E-state index >= 15 is 0 Å². The van der Waals surface area contributed by atoms with E-state index in [4.69, 9.17) is 10.5 Å². The molecule has 17 heavy (non-hydrogen) atoms. The average molecular weight is 240 g/mol. The molecule has 1 aliphatic rings. The molecule has 0 amide bonds. The topological polar surface area (TPSA) is 38.5 Å². The molecule has 0 aromatic heterocycles. The molecule has 3 heteroatoms. The van der Waals surface area contributed by atoms with E-state index in [1.807, 2.05) is 6.08 Å². The smallest absolute Gasteiger partial charge is 0.0594 e. The van der Waals surface area contributed by atoms with Gasteiger partial charge in [-0.1, -0.05) is 13.0 Å². The molecule has 0 aromatic rings. The van der Waals surface area contributed by atoms with Gasteiger partial charge in [0.05, 0.1) is 13.2 Å². The third kappa shape index (κ3) is 3.80. The molecular formula is C14H28N2O. The lowest BCUT2D eigenvalue weighted by Gasteiger charge is -2.46. The predicted octanol–water partition coefficient (Wildman–Crippen LogP) is 2.17. The van der Waals surface area contributed by atoms with Crippen LogP contribution in [0.15, 0.2) is 12.7 Å². The van der Waals surface area contributed by atoms with Crippen molar-refractivity contribution in [2.24, 2.45) is 5.73 Å². The quantitative estimate of drug-likeness (QED) is 0.547. The van der Waals surface area contributed by atoms with E-state index in [2.05, 4.69) is 25.3 Å². The fourth-order valence-electron chi connectivity index (χ4n) is 2.59. The molecule has 100 valence electrons. The van der Waals surface area contributed by atoms with Crippen LogP contribution in [-0.2, 0) is 4.74 Å². The SMILES string of the molecule is C=CCCCC(N)C(C)(CC)N1CCOCC1. The number of hydrogen-bond donors (Lipinski definition) is 1. The third-order valence-electron chi connectivity index (χ3n) is 4.17. The van der Waals surface area contributed by atoms with Crippen molar-refractivity contribution in [2.75, 3.05) is 26.3 Å². The van der Waals surface area contributed by atoms with Crippen LogP contribution in [0.5, 0.6) is 0 Å². The molecule has 1 aliphatic heterocycles. The Kier molecular flexibility index (Phi) is 6.17. The zero-order chi connectivity index (χ0) is 12.7. The van der Waals surface area contributed by atoms with Crippen molar-refractivity contribution in [1.82, 2.24) is 4.90 Å². The highest BCUT2D eigenvalue weighted by atomic mass is 16.5. The first-order valence-corrected chi connectivity index (χ1v) is 6.84. The van der Waals surface area contributed by atoms with Gasteiger partial charge in [0.2, 0.25) is 0 Å². The number of unbranched alkanes of at least 4 members (excludes halogenated alkanes) is 1. The summed E-state index contributed by atoms with van der Waals surface area (Å²) in [4.78, 5) is 2.51. The molecule has 0 spiro atoms. The minimum atomic E-state index is 0.116. The molecule has 1 fully saturated rings. The van der Waals surface area contributed by atoms with Gasteiger partial charge >= 0.3 is 0 Å². The third-order valence-corrected chi connectivity index (χ3v) is 4.17. The summed E-state index contributed by atoms with van der Waals surface area (Å²) in [6.07, 6.45) is 6.36. The van der Waals surface area contributed by atoms with Crippen molar-refractivity contribution in [3.63, 3.8) is 0 Å². The molecule has 1 saturated heterocycles. The summed E-state index contributed by atoms with van der Waals surface area (Å²) in [5.74, 6) is 0. The van der Waals surface area contributed by atoms with E-state index < -0.39 is 0 Å². The van der Waals surface area contributed by atoms with Crippen LogP contribution in [0, 0.1) is 0 Å². The first-order chi connectivity index (χ1) is 8.15. The summed E-state index contributed by atoms with van der Waals surface area (Å²) in [6.45, 7) is 12.0. The van der Waals surface area contributed by atoms with E-state index in [1.54, 1.807) is 0 Å². The average Bonchev–Trinajstić information content (AvgIpc) is 2.39. The lowest BCUT2D eigenvalue weighted by molar-refractivity contribution is -0.0284. The van der Waals surface area contributed by atoms with Crippen molar-refractivity contribution in [2.45, 2.75) is 51.1 Å².